The highest BCUT2D eigenvalue weighted by molar-refractivity contribution is 6.75. The number of aromatic nitrogens is 1. The van der Waals surface area contributed by atoms with E-state index in [4.69, 9.17) is 73.1 Å². The Balaban J connectivity index is 1.13. The number of nitrogens with one attached hydrogen (secondary N) is 1. The number of aliphatic hydroxyl groups excluding tert-OH is 1. The SMILES string of the molecule is CC[Si](CC)(O[C@H]1C[C@H](O[C@@H]2COC(=O)C[C@@H](NC(=O)c3cc4c(OC)c(OC)c(OC(C)C)cc4cc3OC(=O)C(C)(C)C)c3ccc(c(Cl)n3)O[C@H]3C=C4C#C/C2=C\C#C[C@@H]2O[C@@]42[C@H]3O[C@H]2C[C@@](C)(O)[C@@H](O)[C@H](C)O2)O[C@@H](C)[C@H]1N(C)C)C(C)C. The van der Waals surface area contributed by atoms with Crippen LogP contribution in [0.1, 0.15) is 124 Å². The predicted octanol–water partition coefficient (Wildman–Crippen LogP) is 8.70. The molecule has 22 heteroatoms. The van der Waals surface area contributed by atoms with Crippen LogP contribution in [0.5, 0.6) is 28.7 Å². The summed E-state index contributed by atoms with van der Waals surface area (Å²) in [6.07, 6.45) is -5.50. The number of allylic oxidation sites excluding steroid dienone is 1. The topological polar surface area (TPSA) is 234 Å². The normalized spacial score (nSPS) is 31.1. The zero-order valence-corrected chi connectivity index (χ0v) is 54.4. The summed E-state index contributed by atoms with van der Waals surface area (Å²) in [6.45, 7) is 22.4. The van der Waals surface area contributed by atoms with Crippen LogP contribution in [0.4, 0.5) is 0 Å². The van der Waals surface area contributed by atoms with Gasteiger partial charge in [-0.1, -0.05) is 63.0 Å². The van der Waals surface area contributed by atoms with E-state index in [0.29, 0.717) is 39.6 Å². The number of nitrogens with zero attached hydrogens (tertiary/aromatic N) is 2. The second kappa shape index (κ2) is 26.0. The Labute approximate surface area is 516 Å². The first kappa shape index (κ1) is 65.6. The quantitative estimate of drug-likeness (QED) is 0.0286. The fourth-order valence-corrected chi connectivity index (χ4v) is 16.2. The van der Waals surface area contributed by atoms with E-state index in [9.17, 15) is 19.8 Å². The maximum atomic E-state index is 15.2. The number of hydrogen-bond donors (Lipinski definition) is 3. The number of hydrogen-bond acceptors (Lipinski definition) is 19. The molecule has 5 aliphatic heterocycles. The molecule has 3 aromatic rings. The predicted molar refractivity (Wildman–Crippen MR) is 325 cm³/mol. The molecular weight excluding hydrogens is 1160 g/mol. The zero-order chi connectivity index (χ0) is 63.2. The minimum atomic E-state index is -2.26. The molecule has 1 aromatic heterocycles. The maximum Gasteiger partial charge on any atom is 0.316 e. The molecule has 2 aromatic carbocycles. The molecule has 6 heterocycles. The lowest BCUT2D eigenvalue weighted by Crippen LogP contribution is -2.59. The summed E-state index contributed by atoms with van der Waals surface area (Å²) in [5.74, 6) is 11.7. The monoisotopic (exact) mass is 1240 g/mol. The van der Waals surface area contributed by atoms with Crippen molar-refractivity contribution in [2.45, 2.75) is 211 Å². The Bertz CT molecular complexity index is 3300. The number of rotatable bonds is 17. The van der Waals surface area contributed by atoms with Gasteiger partial charge in [0.25, 0.3) is 5.91 Å². The molecule has 3 saturated heterocycles. The van der Waals surface area contributed by atoms with Crippen LogP contribution in [-0.4, -0.2) is 166 Å². The van der Waals surface area contributed by atoms with Crippen molar-refractivity contribution in [2.75, 3.05) is 34.9 Å². The van der Waals surface area contributed by atoms with Crippen LogP contribution in [0.25, 0.3) is 10.8 Å². The molecule has 3 N–H and O–H groups in total. The fourth-order valence-electron chi connectivity index (χ4n) is 12.4. The summed E-state index contributed by atoms with van der Waals surface area (Å²) >= 11 is 7.08. The first-order valence-corrected chi connectivity index (χ1v) is 32.8. The van der Waals surface area contributed by atoms with Gasteiger partial charge in [-0.3, -0.25) is 14.4 Å². The lowest BCUT2D eigenvalue weighted by Gasteiger charge is -2.48. The van der Waals surface area contributed by atoms with Crippen LogP contribution in [-0.2, 0) is 42.4 Å². The van der Waals surface area contributed by atoms with E-state index in [1.165, 1.54) is 27.2 Å². The molecule has 7 aliphatic rings. The Kier molecular flexibility index (Phi) is 19.6. The number of carbonyl (C=O) groups is 3. The van der Waals surface area contributed by atoms with Gasteiger partial charge in [0.1, 0.15) is 36.8 Å². The number of esters is 2. The number of epoxide rings is 1. The van der Waals surface area contributed by atoms with Gasteiger partial charge >= 0.3 is 11.9 Å². The molecule has 1 amide bonds. The summed E-state index contributed by atoms with van der Waals surface area (Å²) in [5, 5.41) is 26.0. The van der Waals surface area contributed by atoms with E-state index >= 15 is 4.79 Å². The van der Waals surface area contributed by atoms with E-state index in [1.807, 2.05) is 34.9 Å². The Morgan fingerprint density at radius 2 is 1.68 bits per heavy atom. The summed E-state index contributed by atoms with van der Waals surface area (Å²) in [7, 11) is 4.70. The number of carbonyl (C=O) groups excluding carboxylic acids is 3. The summed E-state index contributed by atoms with van der Waals surface area (Å²) in [4.78, 5) is 50.4. The first-order chi connectivity index (χ1) is 41.1. The summed E-state index contributed by atoms with van der Waals surface area (Å²) < 4.78 is 77.2. The van der Waals surface area contributed by atoms with Gasteiger partial charge in [0.2, 0.25) is 5.75 Å². The van der Waals surface area contributed by atoms with Gasteiger partial charge < -0.3 is 77.0 Å². The fraction of sp³-hybridized carbons (Fsp3) is 0.600. The van der Waals surface area contributed by atoms with E-state index in [2.05, 4.69) is 61.6 Å². The van der Waals surface area contributed by atoms with E-state index in [1.54, 1.807) is 64.1 Å². The van der Waals surface area contributed by atoms with Crippen LogP contribution in [0.15, 0.2) is 53.6 Å². The van der Waals surface area contributed by atoms with E-state index in [0.717, 1.165) is 12.1 Å². The van der Waals surface area contributed by atoms with Gasteiger partial charge in [-0.25, -0.2) is 4.98 Å². The van der Waals surface area contributed by atoms with Gasteiger partial charge in [-0.05, 0) is 129 Å². The third kappa shape index (κ3) is 13.6. The molecule has 472 valence electrons. The average Bonchev–Trinajstić information content (AvgIpc) is 1.54. The van der Waals surface area contributed by atoms with Crippen molar-refractivity contribution in [3.8, 4) is 52.4 Å². The van der Waals surface area contributed by atoms with Crippen molar-refractivity contribution in [3.63, 3.8) is 0 Å². The number of ether oxygens (including phenoxy) is 11. The lowest BCUT2D eigenvalue weighted by molar-refractivity contribution is -0.290. The zero-order valence-electron chi connectivity index (χ0n) is 52.7. The summed E-state index contributed by atoms with van der Waals surface area (Å²) in [6, 6.07) is 8.36. The molecule has 5 bridgehead atoms. The second-order valence-electron chi connectivity index (χ2n) is 25.3. The van der Waals surface area contributed by atoms with Crippen molar-refractivity contribution in [1.29, 1.82) is 0 Å². The Hall–Kier alpha value is -5.79. The molecular formula is C65H84ClN3O17Si. The molecule has 0 radical (unpaired) electrons. The molecule has 1 spiro atoms. The summed E-state index contributed by atoms with van der Waals surface area (Å²) in [5.41, 5.74) is -2.68. The van der Waals surface area contributed by atoms with Crippen molar-refractivity contribution < 1.29 is 81.1 Å². The Morgan fingerprint density at radius 1 is 0.977 bits per heavy atom. The second-order valence-corrected chi connectivity index (χ2v) is 30.6. The molecule has 0 unspecified atom stereocenters. The number of pyridine rings is 1. The highest BCUT2D eigenvalue weighted by Gasteiger charge is 2.70. The minimum Gasteiger partial charge on any atom is -0.492 e. The molecule has 2 aliphatic carbocycles. The standard InChI is InChI=1S/C65H84ClN3O17Si/c1-17-87(18-2,35(5)6)86-47-31-53(79-36(7)55(47)69(13)14)82-50-33-77-52(70)30-44(68-61(72)42-29-41-39(26-46(42)83-62(73)63(9,10)11)27-48(78-34(3)4)57(76-16)56(41)75-15)43-24-25-45(60(66)67-43)81-49-28-40-23-22-38(50)20-19-21-51-65(40,85-51)59(49)84-54-32-64(12,74)58(71)37(8)80-54/h20,24-29,34-37,44,47,49-51,53-55,58-59,71,74H,17-18,30-33H2,1-16H3,(H,68,72)/b38-20+/t36-,37-,44+,47-,49-,50+,51-,53-,54-,55+,58-,59-,64+,65-/m0/s1. The molecule has 14 atom stereocenters. The molecule has 87 heavy (non-hydrogen) atoms. The van der Waals surface area contributed by atoms with Gasteiger partial charge in [0.05, 0.1) is 79.4 Å². The maximum absolute atomic E-state index is 15.2. The smallest absolute Gasteiger partial charge is 0.316 e. The van der Waals surface area contributed by atoms with Crippen molar-refractivity contribution in [2.24, 2.45) is 5.41 Å². The van der Waals surface area contributed by atoms with E-state index in [-0.39, 0.29) is 76.8 Å². The number of likely N-dealkylation sites (N-methyl/N-ethyl adjacent to an activating group) is 1. The number of fused-ring (bicyclic) bond motifs is 8. The van der Waals surface area contributed by atoms with Crippen LogP contribution >= 0.6 is 11.6 Å². The average molecular weight is 1240 g/mol. The van der Waals surface area contributed by atoms with Gasteiger partial charge in [-0.15, -0.1) is 0 Å². The Morgan fingerprint density at radius 3 is 2.31 bits per heavy atom. The number of aliphatic hydroxyl groups is 2. The first-order valence-electron chi connectivity index (χ1n) is 30.0. The van der Waals surface area contributed by atoms with Crippen molar-refractivity contribution in [1.82, 2.24) is 15.2 Å². The molecule has 0 saturated carbocycles. The van der Waals surface area contributed by atoms with Gasteiger partial charge in [0, 0.05) is 35.5 Å². The highest BCUT2D eigenvalue weighted by atomic mass is 35.5. The number of halogens is 1. The highest BCUT2D eigenvalue weighted by Crippen LogP contribution is 2.54. The van der Waals surface area contributed by atoms with Crippen LogP contribution in [0.3, 0.4) is 0 Å². The largest absolute Gasteiger partial charge is 0.492 e. The lowest BCUT2D eigenvalue weighted by atomic mass is 9.88. The number of benzene rings is 2. The van der Waals surface area contributed by atoms with Crippen molar-refractivity contribution in [3.05, 3.63) is 70.0 Å². The van der Waals surface area contributed by atoms with E-state index < -0.39 is 104 Å². The number of amides is 1. The van der Waals surface area contributed by atoms with Gasteiger partial charge in [-0.2, -0.15) is 0 Å². The third-order valence-corrected chi connectivity index (χ3v) is 22.8. The van der Waals surface area contributed by atoms with Crippen molar-refractivity contribution >= 4 is 48.5 Å². The third-order valence-electron chi connectivity index (χ3n) is 17.2. The molecule has 3 fully saturated rings. The molecule has 10 rings (SSSR count). The number of methoxy groups -OCH3 is 2. The van der Waals surface area contributed by atoms with Crippen LogP contribution < -0.4 is 29.0 Å². The van der Waals surface area contributed by atoms with Crippen LogP contribution in [0.2, 0.25) is 22.8 Å². The van der Waals surface area contributed by atoms with Crippen LogP contribution in [0, 0.1) is 29.1 Å². The van der Waals surface area contributed by atoms with Gasteiger partial charge in [0.15, 0.2) is 55.0 Å². The minimum absolute atomic E-state index is 0.0841. The molecule has 20 nitrogen and oxygen atoms in total.